The highest BCUT2D eigenvalue weighted by molar-refractivity contribution is 6.14. The second kappa shape index (κ2) is 7.92. The summed E-state index contributed by atoms with van der Waals surface area (Å²) in [5.74, 6) is -2.67. The molecule has 3 aromatic rings. The van der Waals surface area contributed by atoms with Gasteiger partial charge in [-0.15, -0.1) is 0 Å². The van der Waals surface area contributed by atoms with E-state index in [9.17, 15) is 24.6 Å². The first-order valence-corrected chi connectivity index (χ1v) is 10.3. The maximum absolute atomic E-state index is 12.9. The molecule has 0 aliphatic carbocycles. The van der Waals surface area contributed by atoms with E-state index in [4.69, 9.17) is 0 Å². The van der Waals surface area contributed by atoms with Gasteiger partial charge in [-0.25, -0.2) is 5.01 Å². The number of carboxylic acids is 1. The molecular formula is C25H18N3O5-. The zero-order valence-electron chi connectivity index (χ0n) is 17.3. The molecule has 2 aliphatic rings. The van der Waals surface area contributed by atoms with Crippen molar-refractivity contribution in [1.29, 1.82) is 0 Å². The summed E-state index contributed by atoms with van der Waals surface area (Å²) in [6, 6.07) is 22.7. The summed E-state index contributed by atoms with van der Waals surface area (Å²) in [4.78, 5) is 37.2. The first-order chi connectivity index (χ1) is 16.0. The molecule has 164 valence electrons. The molecule has 0 spiro atoms. The Labute approximate surface area is 189 Å². The van der Waals surface area contributed by atoms with Crippen LogP contribution >= 0.6 is 0 Å². The largest absolute Gasteiger partial charge is 0.545 e. The van der Waals surface area contributed by atoms with Gasteiger partial charge in [0.2, 0.25) is 0 Å². The number of rotatable bonds is 4. The van der Waals surface area contributed by atoms with Gasteiger partial charge < -0.3 is 20.3 Å². The van der Waals surface area contributed by atoms with E-state index in [1.54, 1.807) is 0 Å². The van der Waals surface area contributed by atoms with Crippen LogP contribution in [0.25, 0.3) is 11.4 Å². The number of hydrogen-bond acceptors (Lipinski definition) is 7. The summed E-state index contributed by atoms with van der Waals surface area (Å²) in [7, 11) is 0. The summed E-state index contributed by atoms with van der Waals surface area (Å²) in [6.45, 7) is 0. The summed E-state index contributed by atoms with van der Waals surface area (Å²) in [5, 5.41) is 27.3. The number of hydrazine groups is 1. The van der Waals surface area contributed by atoms with Crippen LogP contribution in [0.3, 0.4) is 0 Å². The van der Waals surface area contributed by atoms with Crippen molar-refractivity contribution in [3.05, 3.63) is 95.6 Å². The van der Waals surface area contributed by atoms with Gasteiger partial charge in [0, 0.05) is 11.1 Å². The van der Waals surface area contributed by atoms with E-state index in [0.717, 1.165) is 10.6 Å². The van der Waals surface area contributed by atoms with Crippen molar-refractivity contribution >= 4 is 40.6 Å². The molecular weight excluding hydrogens is 422 g/mol. The minimum atomic E-state index is -1.45. The number of benzene rings is 3. The Balaban J connectivity index is 1.82. The van der Waals surface area contributed by atoms with E-state index >= 15 is 0 Å². The number of nitrogens with one attached hydrogen (secondary N) is 1. The lowest BCUT2D eigenvalue weighted by atomic mass is 10.00. The van der Waals surface area contributed by atoms with Crippen molar-refractivity contribution in [3.63, 3.8) is 0 Å². The van der Waals surface area contributed by atoms with E-state index in [0.29, 0.717) is 28.3 Å². The Kier molecular flexibility index (Phi) is 4.91. The number of aromatic carboxylic acids is 1. The average Bonchev–Trinajstić information content (AvgIpc) is 3.09. The maximum atomic E-state index is 12.9. The summed E-state index contributed by atoms with van der Waals surface area (Å²) in [6.07, 6.45) is -1.78. The Morgan fingerprint density at radius 1 is 0.909 bits per heavy atom. The molecule has 0 aromatic heterocycles. The van der Waals surface area contributed by atoms with Crippen LogP contribution < -0.4 is 15.4 Å². The zero-order valence-corrected chi connectivity index (χ0v) is 17.3. The lowest BCUT2D eigenvalue weighted by molar-refractivity contribution is -0.255. The molecule has 2 N–H and O–H groups in total. The van der Waals surface area contributed by atoms with Gasteiger partial charge in [-0.2, -0.15) is 5.01 Å². The fourth-order valence-electron chi connectivity index (χ4n) is 4.07. The van der Waals surface area contributed by atoms with Gasteiger partial charge in [0.25, 0.3) is 11.8 Å². The number of fused-ring (bicyclic) bond motifs is 1. The van der Waals surface area contributed by atoms with Crippen LogP contribution in [0.2, 0.25) is 0 Å². The normalized spacial score (nSPS) is 17.8. The molecule has 33 heavy (non-hydrogen) atoms. The van der Waals surface area contributed by atoms with Crippen LogP contribution in [0, 0.1) is 0 Å². The fourth-order valence-corrected chi connectivity index (χ4v) is 4.07. The number of carbonyl (C=O) groups excluding carboxylic acids is 3. The Morgan fingerprint density at radius 3 is 2.12 bits per heavy atom. The van der Waals surface area contributed by atoms with Crippen molar-refractivity contribution in [3.8, 4) is 0 Å². The van der Waals surface area contributed by atoms with Gasteiger partial charge in [0.15, 0.2) is 0 Å². The smallest absolute Gasteiger partial charge is 0.277 e. The molecule has 1 unspecified atom stereocenters. The molecule has 2 amide bonds. The average molecular weight is 440 g/mol. The van der Waals surface area contributed by atoms with E-state index in [2.05, 4.69) is 5.32 Å². The molecule has 1 fully saturated rings. The highest BCUT2D eigenvalue weighted by atomic mass is 16.4. The number of imide groups is 1. The molecule has 1 saturated heterocycles. The third-order valence-corrected chi connectivity index (χ3v) is 5.58. The van der Waals surface area contributed by atoms with Gasteiger partial charge in [-0.3, -0.25) is 9.59 Å². The molecule has 0 radical (unpaired) electrons. The number of hydrogen-bond donors (Lipinski definition) is 2. The minimum absolute atomic E-state index is 0.0594. The number of amides is 2. The van der Waals surface area contributed by atoms with Crippen molar-refractivity contribution in [2.45, 2.75) is 12.5 Å². The SMILES string of the molecule is O=C([O-])c1ccc2c(c1)NC(c1ccccc1)=C(c1ccccc1)N2N1C(=O)CC(O)C1=O. The van der Waals surface area contributed by atoms with Crippen molar-refractivity contribution < 1.29 is 24.6 Å². The highest BCUT2D eigenvalue weighted by Gasteiger charge is 2.45. The molecule has 0 saturated carbocycles. The van der Waals surface area contributed by atoms with Gasteiger partial charge >= 0.3 is 0 Å². The van der Waals surface area contributed by atoms with Crippen LogP contribution in [0.4, 0.5) is 11.4 Å². The summed E-state index contributed by atoms with van der Waals surface area (Å²) in [5.41, 5.74) is 3.23. The minimum Gasteiger partial charge on any atom is -0.545 e. The van der Waals surface area contributed by atoms with Crippen LogP contribution in [-0.4, -0.2) is 34.0 Å². The zero-order chi connectivity index (χ0) is 23.1. The third-order valence-electron chi connectivity index (χ3n) is 5.58. The monoisotopic (exact) mass is 440 g/mol. The number of nitrogens with zero attached hydrogens (tertiary/aromatic N) is 2. The quantitative estimate of drug-likeness (QED) is 0.595. The molecule has 8 heteroatoms. The van der Waals surface area contributed by atoms with Gasteiger partial charge in [-0.05, 0) is 17.7 Å². The van der Waals surface area contributed by atoms with Crippen molar-refractivity contribution in [1.82, 2.24) is 5.01 Å². The maximum Gasteiger partial charge on any atom is 0.277 e. The number of anilines is 2. The van der Waals surface area contributed by atoms with E-state index in [-0.39, 0.29) is 12.0 Å². The highest BCUT2D eigenvalue weighted by Crippen LogP contribution is 2.44. The van der Waals surface area contributed by atoms with Crippen LogP contribution in [0.5, 0.6) is 0 Å². The molecule has 2 aliphatic heterocycles. The topological polar surface area (TPSA) is 113 Å². The van der Waals surface area contributed by atoms with Gasteiger partial charge in [0.1, 0.15) is 6.10 Å². The number of carboxylic acid groups (broad SMARTS) is 1. The second-order valence-electron chi connectivity index (χ2n) is 7.68. The Hall–Kier alpha value is -4.43. The van der Waals surface area contributed by atoms with E-state index in [1.807, 2.05) is 60.7 Å². The lowest BCUT2D eigenvalue weighted by Gasteiger charge is -2.40. The molecule has 2 heterocycles. The molecule has 0 bridgehead atoms. The van der Waals surface area contributed by atoms with Gasteiger partial charge in [-0.1, -0.05) is 66.7 Å². The predicted octanol–water partition coefficient (Wildman–Crippen LogP) is 1.84. The number of aliphatic hydroxyl groups is 1. The van der Waals surface area contributed by atoms with Crippen molar-refractivity contribution in [2.75, 3.05) is 10.3 Å². The molecule has 1 atom stereocenters. The van der Waals surface area contributed by atoms with Crippen molar-refractivity contribution in [2.24, 2.45) is 0 Å². The van der Waals surface area contributed by atoms with Crippen LogP contribution in [-0.2, 0) is 9.59 Å². The number of aliphatic hydroxyl groups excluding tert-OH is 1. The Morgan fingerprint density at radius 2 is 1.55 bits per heavy atom. The fraction of sp³-hybridized carbons (Fsp3) is 0.0800. The predicted molar refractivity (Wildman–Crippen MR) is 119 cm³/mol. The van der Waals surface area contributed by atoms with Gasteiger partial charge in [0.05, 0.1) is 35.2 Å². The molecule has 3 aromatic carbocycles. The Bertz CT molecular complexity index is 1300. The van der Waals surface area contributed by atoms with E-state index in [1.165, 1.54) is 23.2 Å². The van der Waals surface area contributed by atoms with Crippen LogP contribution in [0.1, 0.15) is 27.9 Å². The summed E-state index contributed by atoms with van der Waals surface area (Å²) >= 11 is 0. The van der Waals surface area contributed by atoms with E-state index < -0.39 is 23.9 Å². The molecule has 5 rings (SSSR count). The van der Waals surface area contributed by atoms with Crippen LogP contribution in [0.15, 0.2) is 78.9 Å². The molecule has 8 nitrogen and oxygen atoms in total. The second-order valence-corrected chi connectivity index (χ2v) is 7.68. The first kappa shape index (κ1) is 20.5. The third kappa shape index (κ3) is 3.42. The standard InChI is InChI=1S/C25H19N3O5/c29-20-14-21(30)28(24(20)31)27-19-12-11-17(25(32)33)13-18(19)26-22(15-7-3-1-4-8-15)23(27)16-9-5-2-6-10-16/h1-13,20,26,29H,14H2,(H,32,33)/p-1. The number of carbonyl (C=O) groups is 3. The first-order valence-electron chi connectivity index (χ1n) is 10.3. The lowest BCUT2D eigenvalue weighted by Crippen LogP contribution is -2.48. The summed E-state index contributed by atoms with van der Waals surface area (Å²) < 4.78 is 0.